The minimum atomic E-state index is 0.406. The first-order valence-electron chi connectivity index (χ1n) is 6.07. The zero-order chi connectivity index (χ0) is 11.1. The minimum Gasteiger partial charge on any atom is -0.286 e. The summed E-state index contributed by atoms with van der Waals surface area (Å²) in [7, 11) is 0. The van der Waals surface area contributed by atoms with Gasteiger partial charge in [0.2, 0.25) is 0 Å². The molecule has 2 aliphatic rings. The van der Waals surface area contributed by atoms with Crippen molar-refractivity contribution in [1.82, 2.24) is 0 Å². The van der Waals surface area contributed by atoms with Crippen LogP contribution >= 0.6 is 0 Å². The number of aliphatic imine (C=N–C) groups is 1. The van der Waals surface area contributed by atoms with Crippen LogP contribution in [0, 0.1) is 5.92 Å². The van der Waals surface area contributed by atoms with E-state index in [1.54, 1.807) is 0 Å². The van der Waals surface area contributed by atoms with Crippen molar-refractivity contribution in [3.8, 4) is 0 Å². The Morgan fingerprint density at radius 1 is 1.25 bits per heavy atom. The summed E-state index contributed by atoms with van der Waals surface area (Å²) in [6.45, 7) is 4.46. The van der Waals surface area contributed by atoms with Crippen LogP contribution in [0.15, 0.2) is 35.3 Å². The third kappa shape index (κ3) is 1.42. The summed E-state index contributed by atoms with van der Waals surface area (Å²) in [5.41, 5.74) is 5.66. The molecule has 0 bridgehead atoms. The molecular formula is C15H17N. The van der Waals surface area contributed by atoms with E-state index in [0.29, 0.717) is 12.0 Å². The van der Waals surface area contributed by atoms with E-state index < -0.39 is 0 Å². The topological polar surface area (TPSA) is 12.4 Å². The number of nitrogens with zero attached hydrogens (tertiary/aromatic N) is 1. The number of fused-ring (bicyclic) bond motifs is 3. The molecule has 3 rings (SSSR count). The summed E-state index contributed by atoms with van der Waals surface area (Å²) in [5, 5.41) is 0. The number of hydrogen-bond donors (Lipinski definition) is 0. The molecule has 0 amide bonds. The van der Waals surface area contributed by atoms with Crippen molar-refractivity contribution in [3.63, 3.8) is 0 Å². The second kappa shape index (κ2) is 3.58. The highest BCUT2D eigenvalue weighted by molar-refractivity contribution is 5.90. The molecule has 1 aliphatic heterocycles. The summed E-state index contributed by atoms with van der Waals surface area (Å²) >= 11 is 0. The Bertz CT molecular complexity index is 482. The second-order valence-corrected chi connectivity index (χ2v) is 5.01. The molecule has 1 nitrogen and oxygen atoms in total. The lowest BCUT2D eigenvalue weighted by atomic mass is 9.76. The summed E-state index contributed by atoms with van der Waals surface area (Å²) < 4.78 is 0. The number of hydrogen-bond acceptors (Lipinski definition) is 1. The average molecular weight is 211 g/mol. The molecule has 0 saturated heterocycles. The highest BCUT2D eigenvalue weighted by Crippen LogP contribution is 2.38. The predicted octanol–water partition coefficient (Wildman–Crippen LogP) is 3.50. The largest absolute Gasteiger partial charge is 0.286 e. The van der Waals surface area contributed by atoms with E-state index in [0.717, 1.165) is 12.8 Å². The standard InChI is InChI=1S/C15H17N/c1-10-9-12-5-3-4-6-13(12)14-8-7-11(2)16-15(10)14/h3-6,8,10,15H,7,9H2,1-2H3. The molecule has 1 heteroatoms. The van der Waals surface area contributed by atoms with Gasteiger partial charge < -0.3 is 0 Å². The molecule has 0 saturated carbocycles. The SMILES string of the molecule is CC1=NC2C(=CC1)c1ccccc1CC2C. The van der Waals surface area contributed by atoms with E-state index >= 15 is 0 Å². The van der Waals surface area contributed by atoms with Gasteiger partial charge in [0, 0.05) is 12.1 Å². The van der Waals surface area contributed by atoms with Crippen molar-refractivity contribution < 1.29 is 0 Å². The molecular weight excluding hydrogens is 194 g/mol. The Hall–Kier alpha value is -1.37. The van der Waals surface area contributed by atoms with Gasteiger partial charge in [-0.2, -0.15) is 0 Å². The molecule has 1 aromatic rings. The van der Waals surface area contributed by atoms with E-state index in [1.807, 2.05) is 0 Å². The maximum Gasteiger partial charge on any atom is 0.0779 e. The minimum absolute atomic E-state index is 0.406. The molecule has 0 spiro atoms. The Balaban J connectivity index is 2.12. The second-order valence-electron chi connectivity index (χ2n) is 5.01. The Morgan fingerprint density at radius 2 is 2.06 bits per heavy atom. The fourth-order valence-electron chi connectivity index (χ4n) is 2.88. The summed E-state index contributed by atoms with van der Waals surface area (Å²) in [6, 6.07) is 9.19. The van der Waals surface area contributed by atoms with Gasteiger partial charge in [0.05, 0.1) is 6.04 Å². The van der Waals surface area contributed by atoms with E-state index in [9.17, 15) is 0 Å². The predicted molar refractivity (Wildman–Crippen MR) is 68.8 cm³/mol. The van der Waals surface area contributed by atoms with Crippen LogP contribution in [0.4, 0.5) is 0 Å². The van der Waals surface area contributed by atoms with E-state index in [2.05, 4.69) is 44.2 Å². The first kappa shape index (κ1) is 9.83. The van der Waals surface area contributed by atoms with Crippen LogP contribution in [0.5, 0.6) is 0 Å². The first-order valence-corrected chi connectivity index (χ1v) is 6.07. The van der Waals surface area contributed by atoms with Gasteiger partial charge in [-0.15, -0.1) is 0 Å². The Kier molecular flexibility index (Phi) is 2.20. The number of benzene rings is 1. The number of allylic oxidation sites excluding steroid dienone is 1. The van der Waals surface area contributed by atoms with Crippen LogP contribution in [0.25, 0.3) is 5.57 Å². The molecule has 82 valence electrons. The summed E-state index contributed by atoms with van der Waals surface area (Å²) in [6.07, 6.45) is 4.56. The van der Waals surface area contributed by atoms with Gasteiger partial charge in [0.25, 0.3) is 0 Å². The van der Waals surface area contributed by atoms with Crippen LogP contribution in [-0.2, 0) is 6.42 Å². The van der Waals surface area contributed by atoms with Crippen molar-refractivity contribution in [3.05, 3.63) is 41.5 Å². The molecule has 0 radical (unpaired) electrons. The highest BCUT2D eigenvalue weighted by atomic mass is 14.8. The van der Waals surface area contributed by atoms with Gasteiger partial charge in [-0.05, 0) is 36.0 Å². The molecule has 1 heterocycles. The van der Waals surface area contributed by atoms with E-state index in [-0.39, 0.29) is 0 Å². The number of rotatable bonds is 0. The van der Waals surface area contributed by atoms with Gasteiger partial charge in [0.1, 0.15) is 0 Å². The van der Waals surface area contributed by atoms with Crippen molar-refractivity contribution in [2.24, 2.45) is 10.9 Å². The zero-order valence-corrected chi connectivity index (χ0v) is 9.90. The van der Waals surface area contributed by atoms with E-state index in [1.165, 1.54) is 22.4 Å². The molecule has 2 unspecified atom stereocenters. The maximum atomic E-state index is 4.83. The average Bonchev–Trinajstić information content (AvgIpc) is 2.29. The Labute approximate surface area is 96.9 Å². The summed E-state index contributed by atoms with van der Waals surface area (Å²) in [5.74, 6) is 0.636. The van der Waals surface area contributed by atoms with Gasteiger partial charge in [-0.1, -0.05) is 37.3 Å². The van der Waals surface area contributed by atoms with Crippen molar-refractivity contribution in [2.75, 3.05) is 0 Å². The van der Waals surface area contributed by atoms with Crippen molar-refractivity contribution >= 4 is 11.3 Å². The fourth-order valence-corrected chi connectivity index (χ4v) is 2.88. The quantitative estimate of drug-likeness (QED) is 0.623. The van der Waals surface area contributed by atoms with Crippen molar-refractivity contribution in [2.45, 2.75) is 32.7 Å². The van der Waals surface area contributed by atoms with Gasteiger partial charge in [-0.25, -0.2) is 0 Å². The van der Waals surface area contributed by atoms with Gasteiger partial charge in [-0.3, -0.25) is 4.99 Å². The normalized spacial score (nSPS) is 27.6. The molecule has 2 atom stereocenters. The lowest BCUT2D eigenvalue weighted by Gasteiger charge is -2.33. The van der Waals surface area contributed by atoms with Crippen LogP contribution in [0.1, 0.15) is 31.4 Å². The molecule has 1 aromatic carbocycles. The molecule has 1 aliphatic carbocycles. The van der Waals surface area contributed by atoms with E-state index in [4.69, 9.17) is 4.99 Å². The molecule has 0 N–H and O–H groups in total. The van der Waals surface area contributed by atoms with Crippen LogP contribution in [0.3, 0.4) is 0 Å². The third-order valence-electron chi connectivity index (χ3n) is 3.70. The molecule has 16 heavy (non-hydrogen) atoms. The van der Waals surface area contributed by atoms with Crippen LogP contribution in [0.2, 0.25) is 0 Å². The van der Waals surface area contributed by atoms with Gasteiger partial charge in [0.15, 0.2) is 0 Å². The van der Waals surface area contributed by atoms with Crippen molar-refractivity contribution in [1.29, 1.82) is 0 Å². The molecule has 0 aromatic heterocycles. The van der Waals surface area contributed by atoms with Gasteiger partial charge >= 0.3 is 0 Å². The first-order chi connectivity index (χ1) is 7.75. The van der Waals surface area contributed by atoms with Crippen LogP contribution < -0.4 is 0 Å². The Morgan fingerprint density at radius 3 is 2.94 bits per heavy atom. The summed E-state index contributed by atoms with van der Waals surface area (Å²) in [4.78, 5) is 4.83. The van der Waals surface area contributed by atoms with Crippen LogP contribution in [-0.4, -0.2) is 11.8 Å². The third-order valence-corrected chi connectivity index (χ3v) is 3.70. The smallest absolute Gasteiger partial charge is 0.0779 e. The fraction of sp³-hybridized carbons (Fsp3) is 0.400. The number of dihydropyridines is 1. The maximum absolute atomic E-state index is 4.83. The monoisotopic (exact) mass is 211 g/mol. The lowest BCUT2D eigenvalue weighted by Crippen LogP contribution is -2.28. The highest BCUT2D eigenvalue weighted by Gasteiger charge is 2.30. The lowest BCUT2D eigenvalue weighted by molar-refractivity contribution is 0.510. The molecule has 0 fully saturated rings. The zero-order valence-electron chi connectivity index (χ0n) is 9.90.